The smallest absolute Gasteiger partial charge is 0.0471 e. The van der Waals surface area contributed by atoms with Gasteiger partial charge in [0.15, 0.2) is 0 Å². The summed E-state index contributed by atoms with van der Waals surface area (Å²) in [5, 5.41) is 12.5. The van der Waals surface area contributed by atoms with Gasteiger partial charge in [0.05, 0.1) is 0 Å². The zero-order valence-electron chi connectivity index (χ0n) is 8.66. The van der Waals surface area contributed by atoms with Gasteiger partial charge in [0.25, 0.3) is 0 Å². The van der Waals surface area contributed by atoms with Crippen LogP contribution in [-0.2, 0) is 0 Å². The van der Waals surface area contributed by atoms with Gasteiger partial charge < -0.3 is 16.2 Å². The summed E-state index contributed by atoms with van der Waals surface area (Å²) in [5.41, 5.74) is 5.82. The van der Waals surface area contributed by atoms with Gasteiger partial charge in [-0.25, -0.2) is 0 Å². The summed E-state index contributed by atoms with van der Waals surface area (Å²) in [6.45, 7) is 4.45. The van der Waals surface area contributed by atoms with Crippen molar-refractivity contribution in [3.63, 3.8) is 0 Å². The normalized spacial score (nSPS) is 33.2. The van der Waals surface area contributed by atoms with Crippen LogP contribution in [0.3, 0.4) is 0 Å². The molecule has 0 saturated heterocycles. The van der Waals surface area contributed by atoms with Crippen molar-refractivity contribution in [3.8, 4) is 0 Å². The zero-order valence-corrected chi connectivity index (χ0v) is 8.66. The molecule has 4 atom stereocenters. The van der Waals surface area contributed by atoms with Gasteiger partial charge in [-0.1, -0.05) is 6.92 Å². The SMILES string of the molecule is CC(CO)C(C)NC1CCC(N)C1. The van der Waals surface area contributed by atoms with Gasteiger partial charge in [-0.15, -0.1) is 0 Å². The first-order valence-electron chi connectivity index (χ1n) is 5.26. The molecule has 1 rings (SSSR count). The molecule has 13 heavy (non-hydrogen) atoms. The maximum atomic E-state index is 8.97. The number of aliphatic hydroxyl groups is 1. The molecule has 1 aliphatic carbocycles. The van der Waals surface area contributed by atoms with Crippen LogP contribution < -0.4 is 11.1 Å². The molecule has 0 radical (unpaired) electrons. The third-order valence-corrected chi connectivity index (χ3v) is 3.11. The van der Waals surface area contributed by atoms with Crippen molar-refractivity contribution in [2.75, 3.05) is 6.61 Å². The Morgan fingerprint density at radius 3 is 2.62 bits per heavy atom. The molecule has 0 aromatic carbocycles. The van der Waals surface area contributed by atoms with Crippen LogP contribution in [0, 0.1) is 5.92 Å². The minimum Gasteiger partial charge on any atom is -0.396 e. The molecular formula is C10H22N2O. The number of aliphatic hydroxyl groups excluding tert-OH is 1. The van der Waals surface area contributed by atoms with Crippen molar-refractivity contribution < 1.29 is 5.11 Å². The minimum atomic E-state index is 0.257. The molecule has 1 saturated carbocycles. The summed E-state index contributed by atoms with van der Waals surface area (Å²) >= 11 is 0. The molecule has 0 amide bonds. The number of nitrogens with two attached hydrogens (primary N) is 1. The molecule has 0 aliphatic heterocycles. The van der Waals surface area contributed by atoms with Crippen molar-refractivity contribution in [2.45, 2.75) is 51.2 Å². The van der Waals surface area contributed by atoms with Gasteiger partial charge >= 0.3 is 0 Å². The second-order valence-electron chi connectivity index (χ2n) is 4.39. The Labute approximate surface area is 80.7 Å². The van der Waals surface area contributed by atoms with Crippen LogP contribution >= 0.6 is 0 Å². The van der Waals surface area contributed by atoms with Crippen molar-refractivity contribution in [2.24, 2.45) is 11.7 Å². The number of hydrogen-bond acceptors (Lipinski definition) is 3. The summed E-state index contributed by atoms with van der Waals surface area (Å²) in [5.74, 6) is 0.330. The van der Waals surface area contributed by atoms with Crippen LogP contribution in [0.2, 0.25) is 0 Å². The molecule has 0 heterocycles. The maximum absolute atomic E-state index is 8.97. The Hall–Kier alpha value is -0.120. The average molecular weight is 186 g/mol. The number of rotatable bonds is 4. The van der Waals surface area contributed by atoms with E-state index < -0.39 is 0 Å². The molecule has 0 bridgehead atoms. The predicted molar refractivity (Wildman–Crippen MR) is 54.5 cm³/mol. The predicted octanol–water partition coefficient (Wildman–Crippen LogP) is 0.473. The average Bonchev–Trinajstić information content (AvgIpc) is 2.49. The van der Waals surface area contributed by atoms with Gasteiger partial charge in [-0.05, 0) is 32.1 Å². The third kappa shape index (κ3) is 3.25. The summed E-state index contributed by atoms with van der Waals surface area (Å²) in [6, 6.07) is 1.34. The monoisotopic (exact) mass is 186 g/mol. The van der Waals surface area contributed by atoms with E-state index in [4.69, 9.17) is 10.8 Å². The number of nitrogens with one attached hydrogen (secondary N) is 1. The lowest BCUT2D eigenvalue weighted by Gasteiger charge is -2.23. The fraction of sp³-hybridized carbons (Fsp3) is 1.00. The van der Waals surface area contributed by atoms with E-state index in [0.717, 1.165) is 12.8 Å². The molecule has 3 heteroatoms. The van der Waals surface area contributed by atoms with Gasteiger partial charge in [0.2, 0.25) is 0 Å². The lowest BCUT2D eigenvalue weighted by atomic mass is 10.0. The van der Waals surface area contributed by atoms with Crippen LogP contribution in [0.4, 0.5) is 0 Å². The molecular weight excluding hydrogens is 164 g/mol. The zero-order chi connectivity index (χ0) is 9.84. The highest BCUT2D eigenvalue weighted by Crippen LogP contribution is 2.18. The Morgan fingerprint density at radius 1 is 1.46 bits per heavy atom. The highest BCUT2D eigenvalue weighted by atomic mass is 16.3. The first-order valence-corrected chi connectivity index (χ1v) is 5.26. The highest BCUT2D eigenvalue weighted by Gasteiger charge is 2.23. The quantitative estimate of drug-likeness (QED) is 0.598. The van der Waals surface area contributed by atoms with E-state index in [-0.39, 0.29) is 6.61 Å². The summed E-state index contributed by atoms with van der Waals surface area (Å²) in [7, 11) is 0. The summed E-state index contributed by atoms with van der Waals surface area (Å²) < 4.78 is 0. The van der Waals surface area contributed by atoms with Crippen LogP contribution in [-0.4, -0.2) is 29.8 Å². The van der Waals surface area contributed by atoms with Crippen LogP contribution in [0.15, 0.2) is 0 Å². The largest absolute Gasteiger partial charge is 0.396 e. The molecule has 1 aliphatic rings. The molecule has 3 nitrogen and oxygen atoms in total. The lowest BCUT2D eigenvalue weighted by Crippen LogP contribution is -2.40. The Kier molecular flexibility index (Phi) is 4.16. The molecule has 78 valence electrons. The Bertz CT molecular complexity index is 152. The molecule has 4 N–H and O–H groups in total. The molecule has 0 spiro atoms. The van der Waals surface area contributed by atoms with Crippen molar-refractivity contribution in [3.05, 3.63) is 0 Å². The molecule has 4 unspecified atom stereocenters. The number of hydrogen-bond donors (Lipinski definition) is 3. The van der Waals surface area contributed by atoms with Gasteiger partial charge in [0, 0.05) is 24.7 Å². The minimum absolute atomic E-state index is 0.257. The van der Waals surface area contributed by atoms with E-state index in [9.17, 15) is 0 Å². The fourth-order valence-corrected chi connectivity index (χ4v) is 1.86. The highest BCUT2D eigenvalue weighted by molar-refractivity contribution is 4.85. The summed E-state index contributed by atoms with van der Waals surface area (Å²) in [4.78, 5) is 0. The van der Waals surface area contributed by atoms with E-state index in [1.807, 2.05) is 0 Å². The van der Waals surface area contributed by atoms with Crippen LogP contribution in [0.5, 0.6) is 0 Å². The van der Waals surface area contributed by atoms with Gasteiger partial charge in [-0.3, -0.25) is 0 Å². The Morgan fingerprint density at radius 2 is 2.15 bits per heavy atom. The molecule has 0 aromatic rings. The second-order valence-corrected chi connectivity index (χ2v) is 4.39. The van der Waals surface area contributed by atoms with E-state index in [1.54, 1.807) is 0 Å². The van der Waals surface area contributed by atoms with Crippen molar-refractivity contribution in [1.29, 1.82) is 0 Å². The van der Waals surface area contributed by atoms with Gasteiger partial charge in [-0.2, -0.15) is 0 Å². The standard InChI is InChI=1S/C10H22N2O/c1-7(6-13)8(2)12-10-4-3-9(11)5-10/h7-10,12-13H,3-6,11H2,1-2H3. The maximum Gasteiger partial charge on any atom is 0.0471 e. The molecule has 0 aromatic heterocycles. The van der Waals surface area contributed by atoms with Crippen LogP contribution in [0.1, 0.15) is 33.1 Å². The first-order chi connectivity index (χ1) is 6.13. The van der Waals surface area contributed by atoms with Gasteiger partial charge in [0.1, 0.15) is 0 Å². The Balaban J connectivity index is 2.24. The third-order valence-electron chi connectivity index (χ3n) is 3.11. The lowest BCUT2D eigenvalue weighted by molar-refractivity contribution is 0.201. The second kappa shape index (κ2) is 4.94. The first kappa shape index (κ1) is 11.0. The molecule has 1 fully saturated rings. The summed E-state index contributed by atoms with van der Waals surface area (Å²) in [6.07, 6.45) is 3.41. The van der Waals surface area contributed by atoms with E-state index in [2.05, 4.69) is 19.2 Å². The van der Waals surface area contributed by atoms with Crippen molar-refractivity contribution in [1.82, 2.24) is 5.32 Å². The van der Waals surface area contributed by atoms with Crippen molar-refractivity contribution >= 4 is 0 Å². The van der Waals surface area contributed by atoms with E-state index in [1.165, 1.54) is 6.42 Å². The van der Waals surface area contributed by atoms with E-state index in [0.29, 0.717) is 24.0 Å². The fourth-order valence-electron chi connectivity index (χ4n) is 1.86. The topological polar surface area (TPSA) is 58.3 Å². The van der Waals surface area contributed by atoms with Crippen LogP contribution in [0.25, 0.3) is 0 Å². The van der Waals surface area contributed by atoms with E-state index >= 15 is 0 Å².